The van der Waals surface area contributed by atoms with E-state index in [0.29, 0.717) is 10.8 Å². The number of nitrogens with zero attached hydrogens (tertiary/aromatic N) is 1. The Hall–Kier alpha value is -0.170. The van der Waals surface area contributed by atoms with Gasteiger partial charge in [0.15, 0.2) is 0 Å². The molecular weight excluding hydrogens is 286 g/mol. The molecule has 1 rings (SSSR count). The van der Waals surface area contributed by atoms with E-state index in [1.165, 1.54) is 22.7 Å². The van der Waals surface area contributed by atoms with Gasteiger partial charge in [0.2, 0.25) is 0 Å². The van der Waals surface area contributed by atoms with E-state index in [0.717, 1.165) is 3.79 Å². The fourth-order valence-corrected chi connectivity index (χ4v) is 4.23. The second kappa shape index (κ2) is 4.57. The van der Waals surface area contributed by atoms with E-state index in [9.17, 15) is 8.42 Å². The van der Waals surface area contributed by atoms with Crippen molar-refractivity contribution in [2.45, 2.75) is 4.21 Å². The average Bonchev–Trinajstić information content (AvgIpc) is 2.52. The topological polar surface area (TPSA) is 37.4 Å². The van der Waals surface area contributed by atoms with Crippen LogP contribution in [0.3, 0.4) is 0 Å². The van der Waals surface area contributed by atoms with Gasteiger partial charge in [0.25, 0.3) is 10.0 Å². The van der Waals surface area contributed by atoms with Crippen LogP contribution < -0.4 is 0 Å². The Bertz CT molecular complexity index is 424. The van der Waals surface area contributed by atoms with Gasteiger partial charge in [-0.25, -0.2) is 8.42 Å². The fourth-order valence-electron chi connectivity index (χ4n) is 0.870. The van der Waals surface area contributed by atoms with Gasteiger partial charge < -0.3 is 0 Å². The molecular formula is C8H10BrNO2S2. The van der Waals surface area contributed by atoms with Crippen LogP contribution in [0.4, 0.5) is 0 Å². The zero-order chi connectivity index (χ0) is 10.8. The van der Waals surface area contributed by atoms with Crippen molar-refractivity contribution in [1.29, 1.82) is 0 Å². The van der Waals surface area contributed by atoms with Crippen molar-refractivity contribution < 1.29 is 8.42 Å². The summed E-state index contributed by atoms with van der Waals surface area (Å²) in [6.07, 6.45) is 1.56. The van der Waals surface area contributed by atoms with Gasteiger partial charge in [0, 0.05) is 13.6 Å². The van der Waals surface area contributed by atoms with E-state index in [1.807, 2.05) is 0 Å². The zero-order valence-corrected chi connectivity index (χ0v) is 10.8. The third-order valence-electron chi connectivity index (χ3n) is 1.60. The van der Waals surface area contributed by atoms with Gasteiger partial charge in [0.05, 0.1) is 3.79 Å². The Morgan fingerprint density at radius 3 is 2.71 bits per heavy atom. The first-order valence-electron chi connectivity index (χ1n) is 3.81. The highest BCUT2D eigenvalue weighted by molar-refractivity contribution is 9.11. The molecule has 0 aliphatic rings. The van der Waals surface area contributed by atoms with E-state index < -0.39 is 10.0 Å². The van der Waals surface area contributed by atoms with Crippen molar-refractivity contribution in [3.05, 3.63) is 28.6 Å². The van der Waals surface area contributed by atoms with Gasteiger partial charge >= 0.3 is 0 Å². The van der Waals surface area contributed by atoms with Crippen molar-refractivity contribution in [1.82, 2.24) is 4.31 Å². The highest BCUT2D eigenvalue weighted by Crippen LogP contribution is 2.27. The van der Waals surface area contributed by atoms with Crippen LogP contribution in [0.15, 0.2) is 32.8 Å². The van der Waals surface area contributed by atoms with Gasteiger partial charge in [0.1, 0.15) is 4.21 Å². The molecule has 0 atom stereocenters. The molecule has 1 aromatic rings. The predicted octanol–water partition coefficient (Wildman–Crippen LogP) is 2.32. The summed E-state index contributed by atoms with van der Waals surface area (Å²) in [6.45, 7) is 3.82. The first-order chi connectivity index (χ1) is 6.48. The number of rotatable bonds is 4. The van der Waals surface area contributed by atoms with Gasteiger partial charge in [-0.05, 0) is 28.1 Å². The van der Waals surface area contributed by atoms with Gasteiger partial charge in [-0.15, -0.1) is 17.9 Å². The lowest BCUT2D eigenvalue weighted by atomic mass is 10.6. The Labute approximate surface area is 96.2 Å². The molecule has 3 nitrogen and oxygen atoms in total. The molecule has 78 valence electrons. The molecule has 0 aliphatic heterocycles. The molecule has 0 bridgehead atoms. The molecule has 0 spiro atoms. The van der Waals surface area contributed by atoms with Gasteiger partial charge in [-0.2, -0.15) is 4.31 Å². The Morgan fingerprint density at radius 2 is 2.29 bits per heavy atom. The molecule has 1 aromatic heterocycles. The smallest absolute Gasteiger partial charge is 0.206 e. The number of sulfonamides is 1. The number of halogens is 1. The van der Waals surface area contributed by atoms with Crippen LogP contribution in [0.1, 0.15) is 0 Å². The van der Waals surface area contributed by atoms with Gasteiger partial charge in [-0.1, -0.05) is 6.08 Å². The summed E-state index contributed by atoms with van der Waals surface area (Å²) in [7, 11) is -1.80. The normalized spacial score (nSPS) is 11.9. The molecule has 0 radical (unpaired) electrons. The predicted molar refractivity (Wildman–Crippen MR) is 62.0 cm³/mol. The number of likely N-dealkylation sites (N-methyl/N-ethyl adjacent to an activating group) is 1. The van der Waals surface area contributed by atoms with E-state index in [2.05, 4.69) is 22.5 Å². The summed E-state index contributed by atoms with van der Waals surface area (Å²) in [5.41, 5.74) is 0. The van der Waals surface area contributed by atoms with Crippen molar-refractivity contribution in [2.24, 2.45) is 0 Å². The zero-order valence-electron chi connectivity index (χ0n) is 7.60. The molecule has 0 saturated carbocycles. The molecule has 0 unspecified atom stereocenters. The summed E-state index contributed by atoms with van der Waals surface area (Å²) >= 11 is 4.43. The van der Waals surface area contributed by atoms with E-state index in [4.69, 9.17) is 0 Å². The summed E-state index contributed by atoms with van der Waals surface area (Å²) < 4.78 is 26.0. The lowest BCUT2D eigenvalue weighted by molar-refractivity contribution is 0.501. The maximum atomic E-state index is 11.8. The molecule has 0 aromatic carbocycles. The number of hydrogen-bond acceptors (Lipinski definition) is 3. The molecule has 14 heavy (non-hydrogen) atoms. The van der Waals surface area contributed by atoms with Crippen LogP contribution >= 0.6 is 27.3 Å². The standard InChI is InChI=1S/C8H10BrNO2S2/c1-3-6-10(2)14(11,12)8-5-4-7(9)13-8/h3-5H,1,6H2,2H3. The highest BCUT2D eigenvalue weighted by atomic mass is 79.9. The minimum atomic E-state index is -3.33. The second-order valence-corrected chi connectivity index (χ2v) is 7.37. The molecule has 0 amide bonds. The largest absolute Gasteiger partial charge is 0.252 e. The molecule has 0 fully saturated rings. The molecule has 6 heteroatoms. The summed E-state index contributed by atoms with van der Waals surface area (Å²) in [5, 5.41) is 0. The SMILES string of the molecule is C=CCN(C)S(=O)(=O)c1ccc(Br)s1. The lowest BCUT2D eigenvalue weighted by Crippen LogP contribution is -2.26. The summed E-state index contributed by atoms with van der Waals surface area (Å²) in [4.78, 5) is 0. The van der Waals surface area contributed by atoms with Crippen molar-refractivity contribution in [3.63, 3.8) is 0 Å². The van der Waals surface area contributed by atoms with E-state index in [1.54, 1.807) is 18.2 Å². The van der Waals surface area contributed by atoms with Crippen LogP contribution in [0.25, 0.3) is 0 Å². The number of thiophene rings is 1. The third-order valence-corrected chi connectivity index (χ3v) is 5.51. The summed E-state index contributed by atoms with van der Waals surface area (Å²) in [6, 6.07) is 3.31. The van der Waals surface area contributed by atoms with E-state index >= 15 is 0 Å². The van der Waals surface area contributed by atoms with Crippen LogP contribution in [0, 0.1) is 0 Å². The first kappa shape index (κ1) is 11.9. The van der Waals surface area contributed by atoms with Crippen LogP contribution in [-0.4, -0.2) is 26.3 Å². The van der Waals surface area contributed by atoms with Crippen molar-refractivity contribution >= 4 is 37.3 Å². The van der Waals surface area contributed by atoms with Gasteiger partial charge in [-0.3, -0.25) is 0 Å². The second-order valence-electron chi connectivity index (χ2n) is 2.63. The molecule has 0 aliphatic carbocycles. The average molecular weight is 296 g/mol. The highest BCUT2D eigenvalue weighted by Gasteiger charge is 2.21. The van der Waals surface area contributed by atoms with Crippen LogP contribution in [-0.2, 0) is 10.0 Å². The molecule has 1 heterocycles. The quantitative estimate of drug-likeness (QED) is 0.800. The maximum absolute atomic E-state index is 11.8. The Balaban J connectivity index is 3.02. The first-order valence-corrected chi connectivity index (χ1v) is 6.86. The molecule has 0 saturated heterocycles. The third kappa shape index (κ3) is 2.44. The van der Waals surface area contributed by atoms with E-state index in [-0.39, 0.29) is 0 Å². The van der Waals surface area contributed by atoms with Crippen LogP contribution in [0.5, 0.6) is 0 Å². The fraction of sp³-hybridized carbons (Fsp3) is 0.250. The van der Waals surface area contributed by atoms with Crippen LogP contribution in [0.2, 0.25) is 0 Å². The number of hydrogen-bond donors (Lipinski definition) is 0. The monoisotopic (exact) mass is 295 g/mol. The summed E-state index contributed by atoms with van der Waals surface area (Å²) in [5.74, 6) is 0. The Morgan fingerprint density at radius 1 is 1.64 bits per heavy atom. The lowest BCUT2D eigenvalue weighted by Gasteiger charge is -2.12. The van der Waals surface area contributed by atoms with Crippen molar-refractivity contribution in [3.8, 4) is 0 Å². The maximum Gasteiger partial charge on any atom is 0.252 e. The Kier molecular flexibility index (Phi) is 3.88. The van der Waals surface area contributed by atoms with Crippen molar-refractivity contribution in [2.75, 3.05) is 13.6 Å². The minimum absolute atomic E-state index is 0.317. The molecule has 0 N–H and O–H groups in total. The minimum Gasteiger partial charge on any atom is -0.206 e.